The molecule has 0 unspecified atom stereocenters. The Labute approximate surface area is 137 Å². The van der Waals surface area contributed by atoms with Gasteiger partial charge in [0, 0.05) is 18.8 Å². The first kappa shape index (κ1) is 14.9. The molecule has 122 valence electrons. The SMILES string of the molecule is O=[N+]([O-])c1ccccc1C=NCCC12CC3CC(CC(C3)C1)C2. The van der Waals surface area contributed by atoms with Gasteiger partial charge in [-0.2, -0.15) is 0 Å². The van der Waals surface area contributed by atoms with Crippen molar-refractivity contribution < 1.29 is 4.92 Å². The van der Waals surface area contributed by atoms with Crippen LogP contribution >= 0.6 is 0 Å². The molecule has 0 heterocycles. The number of para-hydroxylation sites is 1. The van der Waals surface area contributed by atoms with Crippen LogP contribution in [0.4, 0.5) is 5.69 Å². The second-order valence-corrected chi connectivity index (χ2v) is 8.02. The molecule has 4 fully saturated rings. The topological polar surface area (TPSA) is 55.5 Å². The normalized spacial score (nSPS) is 35.0. The quantitative estimate of drug-likeness (QED) is 0.452. The fraction of sp³-hybridized carbons (Fsp3) is 0.632. The molecule has 0 N–H and O–H groups in total. The highest BCUT2D eigenvalue weighted by atomic mass is 16.6. The molecule has 4 aliphatic carbocycles. The Morgan fingerprint density at radius 3 is 2.35 bits per heavy atom. The Balaban J connectivity index is 1.40. The maximum atomic E-state index is 11.0. The first-order valence-corrected chi connectivity index (χ1v) is 8.87. The first-order valence-electron chi connectivity index (χ1n) is 8.87. The molecule has 0 spiro atoms. The number of rotatable bonds is 5. The van der Waals surface area contributed by atoms with Gasteiger partial charge in [-0.25, -0.2) is 0 Å². The van der Waals surface area contributed by atoms with Crippen LogP contribution in [-0.2, 0) is 0 Å². The number of aliphatic imine (C=N–C) groups is 1. The molecule has 0 saturated heterocycles. The number of nitro benzene ring substituents is 1. The summed E-state index contributed by atoms with van der Waals surface area (Å²) < 4.78 is 0. The van der Waals surface area contributed by atoms with Crippen molar-refractivity contribution in [1.29, 1.82) is 0 Å². The molecule has 0 radical (unpaired) electrons. The Morgan fingerprint density at radius 2 is 1.74 bits per heavy atom. The fourth-order valence-corrected chi connectivity index (χ4v) is 5.82. The minimum atomic E-state index is -0.333. The fourth-order valence-electron chi connectivity index (χ4n) is 5.82. The van der Waals surface area contributed by atoms with Crippen LogP contribution in [0.5, 0.6) is 0 Å². The van der Waals surface area contributed by atoms with Crippen LogP contribution in [-0.4, -0.2) is 17.7 Å². The molecule has 4 bridgehead atoms. The van der Waals surface area contributed by atoms with E-state index in [4.69, 9.17) is 0 Å². The maximum Gasteiger partial charge on any atom is 0.278 e. The van der Waals surface area contributed by atoms with E-state index < -0.39 is 0 Å². The minimum Gasteiger partial charge on any atom is -0.292 e. The number of hydrogen-bond acceptors (Lipinski definition) is 3. The summed E-state index contributed by atoms with van der Waals surface area (Å²) in [6.45, 7) is 0.804. The minimum absolute atomic E-state index is 0.144. The summed E-state index contributed by atoms with van der Waals surface area (Å²) in [5, 5.41) is 11.0. The third kappa shape index (κ3) is 2.91. The predicted octanol–water partition coefficient (Wildman–Crippen LogP) is 4.62. The molecule has 0 amide bonds. The van der Waals surface area contributed by atoms with Crippen LogP contribution in [0.3, 0.4) is 0 Å². The van der Waals surface area contributed by atoms with Crippen molar-refractivity contribution >= 4 is 11.9 Å². The Bertz CT molecular complexity index is 603. The van der Waals surface area contributed by atoms with E-state index in [9.17, 15) is 10.1 Å². The van der Waals surface area contributed by atoms with Crippen molar-refractivity contribution in [3.8, 4) is 0 Å². The summed E-state index contributed by atoms with van der Waals surface area (Å²) in [4.78, 5) is 15.2. The van der Waals surface area contributed by atoms with Crippen molar-refractivity contribution in [2.75, 3.05) is 6.54 Å². The zero-order valence-electron chi connectivity index (χ0n) is 13.5. The van der Waals surface area contributed by atoms with Gasteiger partial charge in [0.05, 0.1) is 10.5 Å². The van der Waals surface area contributed by atoms with E-state index in [0.717, 1.165) is 30.7 Å². The molecule has 4 aliphatic rings. The van der Waals surface area contributed by atoms with E-state index >= 15 is 0 Å². The van der Waals surface area contributed by atoms with Crippen LogP contribution in [0.1, 0.15) is 50.5 Å². The van der Waals surface area contributed by atoms with Gasteiger partial charge in [-0.1, -0.05) is 12.1 Å². The second kappa shape index (κ2) is 5.73. The molecule has 1 aromatic rings. The van der Waals surface area contributed by atoms with Gasteiger partial charge >= 0.3 is 0 Å². The highest BCUT2D eigenvalue weighted by Gasteiger charge is 2.50. The summed E-state index contributed by atoms with van der Waals surface area (Å²) in [6.07, 6.45) is 11.5. The maximum absolute atomic E-state index is 11.0. The molecule has 0 atom stereocenters. The summed E-state index contributed by atoms with van der Waals surface area (Å²) in [5.74, 6) is 2.92. The number of hydrogen-bond donors (Lipinski definition) is 0. The van der Waals surface area contributed by atoms with Gasteiger partial charge in [0.25, 0.3) is 5.69 Å². The van der Waals surface area contributed by atoms with Crippen LogP contribution in [0.15, 0.2) is 29.3 Å². The molecule has 4 saturated carbocycles. The van der Waals surface area contributed by atoms with Gasteiger partial charge in [0.15, 0.2) is 0 Å². The van der Waals surface area contributed by atoms with Crippen molar-refractivity contribution in [3.05, 3.63) is 39.9 Å². The summed E-state index contributed by atoms with van der Waals surface area (Å²) in [7, 11) is 0. The lowest BCUT2D eigenvalue weighted by Gasteiger charge is -2.57. The number of benzene rings is 1. The average Bonchev–Trinajstić information content (AvgIpc) is 2.50. The largest absolute Gasteiger partial charge is 0.292 e. The van der Waals surface area contributed by atoms with Crippen molar-refractivity contribution in [2.45, 2.75) is 44.9 Å². The second-order valence-electron chi connectivity index (χ2n) is 8.02. The van der Waals surface area contributed by atoms with Gasteiger partial charge in [-0.3, -0.25) is 15.1 Å². The smallest absolute Gasteiger partial charge is 0.278 e. The highest BCUT2D eigenvalue weighted by Crippen LogP contribution is 2.61. The van der Waals surface area contributed by atoms with Gasteiger partial charge in [-0.05, 0) is 74.2 Å². The molecule has 0 aromatic heterocycles. The van der Waals surface area contributed by atoms with E-state index in [1.807, 2.05) is 6.07 Å². The van der Waals surface area contributed by atoms with Crippen LogP contribution < -0.4 is 0 Å². The van der Waals surface area contributed by atoms with E-state index in [1.165, 1.54) is 38.5 Å². The van der Waals surface area contributed by atoms with E-state index in [1.54, 1.807) is 24.4 Å². The lowest BCUT2D eigenvalue weighted by Crippen LogP contribution is -2.46. The summed E-state index contributed by atoms with van der Waals surface area (Å²) in [6, 6.07) is 6.84. The zero-order valence-corrected chi connectivity index (χ0v) is 13.5. The average molecular weight is 312 g/mol. The third-order valence-corrected chi connectivity index (χ3v) is 6.30. The highest BCUT2D eigenvalue weighted by molar-refractivity contribution is 5.85. The van der Waals surface area contributed by atoms with Crippen LogP contribution in [0, 0.1) is 33.3 Å². The lowest BCUT2D eigenvalue weighted by molar-refractivity contribution is -0.385. The summed E-state index contributed by atoms with van der Waals surface area (Å²) >= 11 is 0. The molecule has 4 nitrogen and oxygen atoms in total. The molecule has 4 heteroatoms. The van der Waals surface area contributed by atoms with Crippen LogP contribution in [0.2, 0.25) is 0 Å². The van der Waals surface area contributed by atoms with Crippen LogP contribution in [0.25, 0.3) is 0 Å². The molecule has 23 heavy (non-hydrogen) atoms. The standard InChI is InChI=1S/C19H24N2O2/c22-21(23)18-4-2-1-3-17(18)13-20-6-5-19-10-14-7-15(11-19)9-16(8-14)12-19/h1-4,13-16H,5-12H2. The third-order valence-electron chi connectivity index (χ3n) is 6.30. The zero-order chi connectivity index (χ0) is 15.9. The van der Waals surface area contributed by atoms with Crippen molar-refractivity contribution in [3.63, 3.8) is 0 Å². The Morgan fingerprint density at radius 1 is 1.13 bits per heavy atom. The first-order chi connectivity index (χ1) is 11.1. The van der Waals surface area contributed by atoms with E-state index in [0.29, 0.717) is 11.0 Å². The van der Waals surface area contributed by atoms with Gasteiger partial charge in [0.1, 0.15) is 0 Å². The molecule has 1 aromatic carbocycles. The van der Waals surface area contributed by atoms with Gasteiger partial charge in [0.2, 0.25) is 0 Å². The molecular weight excluding hydrogens is 288 g/mol. The van der Waals surface area contributed by atoms with Crippen molar-refractivity contribution in [1.82, 2.24) is 0 Å². The molecular formula is C19H24N2O2. The van der Waals surface area contributed by atoms with Crippen molar-refractivity contribution in [2.24, 2.45) is 28.2 Å². The Hall–Kier alpha value is -1.71. The number of nitro groups is 1. The van der Waals surface area contributed by atoms with Gasteiger partial charge in [-0.15, -0.1) is 0 Å². The lowest BCUT2D eigenvalue weighted by atomic mass is 9.49. The monoisotopic (exact) mass is 312 g/mol. The number of nitrogens with zero attached hydrogens (tertiary/aromatic N) is 2. The van der Waals surface area contributed by atoms with Gasteiger partial charge < -0.3 is 0 Å². The van der Waals surface area contributed by atoms with E-state index in [-0.39, 0.29) is 10.6 Å². The Kier molecular flexibility index (Phi) is 3.70. The predicted molar refractivity (Wildman–Crippen MR) is 90.8 cm³/mol. The van der Waals surface area contributed by atoms with E-state index in [2.05, 4.69) is 4.99 Å². The molecule has 0 aliphatic heterocycles. The summed E-state index contributed by atoms with van der Waals surface area (Å²) in [5.41, 5.74) is 1.29. The molecule has 5 rings (SSSR count).